The second-order valence-electron chi connectivity index (χ2n) is 5.49. The van der Waals surface area contributed by atoms with Crippen LogP contribution in [0.15, 0.2) is 46.9 Å². The molecule has 2 rings (SSSR count). The second-order valence-corrected chi connectivity index (χ2v) is 6.34. The monoisotopic (exact) mass is 349 g/mol. The minimum Gasteiger partial charge on any atom is -0.307 e. The molecule has 2 aromatic carbocycles. The minimum atomic E-state index is -0.228. The lowest BCUT2D eigenvalue weighted by atomic mass is 9.95. The summed E-state index contributed by atoms with van der Waals surface area (Å²) in [5.74, 6) is 0.288. The van der Waals surface area contributed by atoms with Gasteiger partial charge in [0.15, 0.2) is 0 Å². The Bertz CT molecular complexity index is 593. The molecule has 0 radical (unpaired) electrons. The molecule has 1 atom stereocenters. The van der Waals surface area contributed by atoms with Crippen molar-refractivity contribution in [1.82, 2.24) is 5.32 Å². The lowest BCUT2D eigenvalue weighted by Gasteiger charge is -2.20. The minimum absolute atomic E-state index is 0.0128. The van der Waals surface area contributed by atoms with E-state index in [1.54, 1.807) is 12.1 Å². The highest BCUT2D eigenvalue weighted by Gasteiger charge is 2.14. The lowest BCUT2D eigenvalue weighted by Crippen LogP contribution is -2.22. The van der Waals surface area contributed by atoms with Crippen molar-refractivity contribution in [3.05, 3.63) is 69.4 Å². The van der Waals surface area contributed by atoms with Crippen LogP contribution in [-0.2, 0) is 0 Å². The summed E-state index contributed by atoms with van der Waals surface area (Å²) in [5, 5.41) is 3.43. The fraction of sp³-hybridized carbons (Fsp3) is 0.333. The number of nitrogens with one attached hydrogen (secondary N) is 1. The Labute approximate surface area is 134 Å². The van der Waals surface area contributed by atoms with Gasteiger partial charge in [0.1, 0.15) is 5.82 Å². The van der Waals surface area contributed by atoms with Gasteiger partial charge in [-0.05, 0) is 57.2 Å². The zero-order chi connectivity index (χ0) is 15.4. The van der Waals surface area contributed by atoms with Gasteiger partial charge in [-0.3, -0.25) is 0 Å². The van der Waals surface area contributed by atoms with Crippen LogP contribution >= 0.6 is 15.9 Å². The smallest absolute Gasteiger partial charge is 0.137 e. The summed E-state index contributed by atoms with van der Waals surface area (Å²) >= 11 is 3.20. The molecule has 0 aliphatic carbocycles. The van der Waals surface area contributed by atoms with E-state index >= 15 is 0 Å². The molecular formula is C18H21BrFN. The first-order chi connectivity index (χ1) is 10.0. The highest BCUT2D eigenvalue weighted by atomic mass is 79.9. The molecule has 21 heavy (non-hydrogen) atoms. The molecule has 112 valence electrons. The molecule has 0 spiro atoms. The fourth-order valence-electron chi connectivity index (χ4n) is 2.40. The topological polar surface area (TPSA) is 12.0 Å². The molecule has 1 N–H and O–H groups in total. The molecule has 0 aliphatic heterocycles. The van der Waals surface area contributed by atoms with Gasteiger partial charge in [0, 0.05) is 0 Å². The highest BCUT2D eigenvalue weighted by Crippen LogP contribution is 2.27. The molecule has 1 unspecified atom stereocenters. The maximum atomic E-state index is 13.8. The van der Waals surface area contributed by atoms with E-state index in [1.165, 1.54) is 5.56 Å². The van der Waals surface area contributed by atoms with E-state index in [1.807, 2.05) is 6.07 Å². The van der Waals surface area contributed by atoms with Crippen molar-refractivity contribution in [2.75, 3.05) is 6.54 Å². The molecule has 0 aliphatic rings. The molecule has 0 saturated carbocycles. The average molecular weight is 350 g/mol. The van der Waals surface area contributed by atoms with Crippen molar-refractivity contribution < 1.29 is 4.39 Å². The maximum absolute atomic E-state index is 13.8. The van der Waals surface area contributed by atoms with Crippen LogP contribution in [-0.4, -0.2) is 6.54 Å². The predicted octanol–water partition coefficient (Wildman–Crippen LogP) is 5.41. The summed E-state index contributed by atoms with van der Waals surface area (Å²) in [6, 6.07) is 13.9. The number of hydrogen-bond donors (Lipinski definition) is 1. The molecule has 0 heterocycles. The van der Waals surface area contributed by atoms with Crippen LogP contribution in [0.2, 0.25) is 0 Å². The SMILES string of the molecule is CCNC(c1ccc(C(C)C)cc1)c1ccc(Br)c(F)c1. The van der Waals surface area contributed by atoms with Gasteiger partial charge in [-0.1, -0.05) is 51.1 Å². The first-order valence-corrected chi connectivity index (χ1v) is 8.10. The van der Waals surface area contributed by atoms with Gasteiger partial charge in [-0.25, -0.2) is 4.39 Å². The van der Waals surface area contributed by atoms with E-state index < -0.39 is 0 Å². The van der Waals surface area contributed by atoms with Crippen LogP contribution < -0.4 is 5.32 Å². The van der Waals surface area contributed by atoms with Gasteiger partial charge in [-0.15, -0.1) is 0 Å². The summed E-state index contributed by atoms with van der Waals surface area (Å²) in [5.41, 5.74) is 3.41. The molecule has 1 nitrogen and oxygen atoms in total. The molecule has 0 aromatic heterocycles. The van der Waals surface area contributed by atoms with Crippen molar-refractivity contribution in [3.63, 3.8) is 0 Å². The van der Waals surface area contributed by atoms with Crippen LogP contribution in [0.3, 0.4) is 0 Å². The summed E-state index contributed by atoms with van der Waals surface area (Å²) in [4.78, 5) is 0. The summed E-state index contributed by atoms with van der Waals surface area (Å²) in [7, 11) is 0. The molecule has 2 aromatic rings. The van der Waals surface area contributed by atoms with Gasteiger partial charge in [0.05, 0.1) is 10.5 Å². The Morgan fingerprint density at radius 1 is 1.00 bits per heavy atom. The molecule has 0 bridgehead atoms. The van der Waals surface area contributed by atoms with Crippen molar-refractivity contribution in [2.24, 2.45) is 0 Å². The quantitative estimate of drug-likeness (QED) is 0.760. The van der Waals surface area contributed by atoms with Crippen LogP contribution in [0.4, 0.5) is 4.39 Å². The van der Waals surface area contributed by atoms with Crippen molar-refractivity contribution >= 4 is 15.9 Å². The van der Waals surface area contributed by atoms with Crippen LogP contribution in [0.25, 0.3) is 0 Å². The first-order valence-electron chi connectivity index (χ1n) is 7.31. The van der Waals surface area contributed by atoms with Crippen LogP contribution in [0.1, 0.15) is 49.4 Å². The largest absolute Gasteiger partial charge is 0.307 e. The second kappa shape index (κ2) is 7.19. The summed E-state index contributed by atoms with van der Waals surface area (Å²) in [6.07, 6.45) is 0. The Hall–Kier alpha value is -1.19. The maximum Gasteiger partial charge on any atom is 0.137 e. The number of hydrogen-bond acceptors (Lipinski definition) is 1. The molecule has 3 heteroatoms. The van der Waals surface area contributed by atoms with E-state index in [0.717, 1.165) is 17.7 Å². The van der Waals surface area contributed by atoms with E-state index in [4.69, 9.17) is 0 Å². The first kappa shape index (κ1) is 16.2. The zero-order valence-electron chi connectivity index (χ0n) is 12.7. The molecule has 0 fully saturated rings. The van der Waals surface area contributed by atoms with E-state index in [9.17, 15) is 4.39 Å². The van der Waals surface area contributed by atoms with Crippen LogP contribution in [0.5, 0.6) is 0 Å². The average Bonchev–Trinajstić information content (AvgIpc) is 2.48. The zero-order valence-corrected chi connectivity index (χ0v) is 14.2. The fourth-order valence-corrected chi connectivity index (χ4v) is 2.64. The van der Waals surface area contributed by atoms with Crippen molar-refractivity contribution in [3.8, 4) is 0 Å². The third-order valence-electron chi connectivity index (χ3n) is 3.62. The number of halogens is 2. The van der Waals surface area contributed by atoms with Crippen LogP contribution in [0, 0.1) is 5.82 Å². The van der Waals surface area contributed by atoms with Gasteiger partial charge < -0.3 is 5.32 Å². The number of rotatable bonds is 5. The molecule has 0 saturated heterocycles. The highest BCUT2D eigenvalue weighted by molar-refractivity contribution is 9.10. The van der Waals surface area contributed by atoms with E-state index in [-0.39, 0.29) is 11.9 Å². The van der Waals surface area contributed by atoms with Crippen molar-refractivity contribution in [2.45, 2.75) is 32.7 Å². The lowest BCUT2D eigenvalue weighted by molar-refractivity contribution is 0.599. The van der Waals surface area contributed by atoms with E-state index in [2.05, 4.69) is 66.3 Å². The van der Waals surface area contributed by atoms with Gasteiger partial charge in [0.25, 0.3) is 0 Å². The third kappa shape index (κ3) is 3.92. The summed E-state index contributed by atoms with van der Waals surface area (Å²) in [6.45, 7) is 7.25. The number of benzene rings is 2. The third-order valence-corrected chi connectivity index (χ3v) is 4.26. The molecular weight excluding hydrogens is 329 g/mol. The normalized spacial score (nSPS) is 12.7. The van der Waals surface area contributed by atoms with Gasteiger partial charge in [-0.2, -0.15) is 0 Å². The molecule has 0 amide bonds. The Balaban J connectivity index is 2.35. The Morgan fingerprint density at radius 3 is 2.10 bits per heavy atom. The van der Waals surface area contributed by atoms with Crippen molar-refractivity contribution in [1.29, 1.82) is 0 Å². The standard InChI is InChI=1S/C18H21BrFN/c1-4-21-18(15-9-10-16(19)17(20)11-15)14-7-5-13(6-8-14)12(2)3/h5-12,18,21H,4H2,1-3H3. The Morgan fingerprint density at radius 2 is 1.57 bits per heavy atom. The van der Waals surface area contributed by atoms with Gasteiger partial charge in [0.2, 0.25) is 0 Å². The van der Waals surface area contributed by atoms with Gasteiger partial charge >= 0.3 is 0 Å². The predicted molar refractivity (Wildman–Crippen MR) is 90.2 cm³/mol. The summed E-state index contributed by atoms with van der Waals surface area (Å²) < 4.78 is 14.3. The Kier molecular flexibility index (Phi) is 5.54. The van der Waals surface area contributed by atoms with E-state index in [0.29, 0.717) is 10.4 Å².